The van der Waals surface area contributed by atoms with Crippen molar-refractivity contribution in [3.63, 3.8) is 0 Å². The number of benzene rings is 3. The van der Waals surface area contributed by atoms with Crippen LogP contribution in [0.4, 0.5) is 0 Å². The van der Waals surface area contributed by atoms with E-state index in [4.69, 9.17) is 27.9 Å². The van der Waals surface area contributed by atoms with Gasteiger partial charge in [-0.2, -0.15) is 0 Å². The molecule has 0 bridgehead atoms. The van der Waals surface area contributed by atoms with Crippen molar-refractivity contribution in [2.75, 3.05) is 0 Å². The zero-order valence-electron chi connectivity index (χ0n) is 16.5. The maximum absolute atomic E-state index is 6.45. The number of nitrogens with zero attached hydrogens (tertiary/aromatic N) is 1. The number of halogens is 2. The summed E-state index contributed by atoms with van der Waals surface area (Å²) in [5, 5.41) is 3.69. The van der Waals surface area contributed by atoms with Gasteiger partial charge >= 0.3 is 0 Å². The Hall–Kier alpha value is -2.55. The summed E-state index contributed by atoms with van der Waals surface area (Å²) >= 11 is 12.8. The third kappa shape index (κ3) is 3.90. The van der Waals surface area contributed by atoms with E-state index in [0.717, 1.165) is 34.7 Å². The molecule has 0 amide bonds. The average Bonchev–Trinajstić information content (AvgIpc) is 2.76. The van der Waals surface area contributed by atoms with Gasteiger partial charge in [0, 0.05) is 29.9 Å². The Morgan fingerprint density at radius 3 is 2.23 bits per heavy atom. The first-order valence-electron chi connectivity index (χ1n) is 10.3. The predicted molar refractivity (Wildman–Crippen MR) is 124 cm³/mol. The molecule has 1 heterocycles. The molecule has 1 aliphatic carbocycles. The van der Waals surface area contributed by atoms with Gasteiger partial charge in [0.25, 0.3) is 0 Å². The summed E-state index contributed by atoms with van der Waals surface area (Å²) in [5.74, 6) is 1.40. The van der Waals surface area contributed by atoms with E-state index in [1.807, 2.05) is 18.2 Å². The number of rotatable bonds is 4. The van der Waals surface area contributed by atoms with Gasteiger partial charge in [-0.05, 0) is 76.9 Å². The van der Waals surface area contributed by atoms with Gasteiger partial charge in [0.15, 0.2) is 0 Å². The highest BCUT2D eigenvalue weighted by atomic mass is 35.5. The van der Waals surface area contributed by atoms with Crippen molar-refractivity contribution < 1.29 is 4.74 Å². The van der Waals surface area contributed by atoms with Gasteiger partial charge < -0.3 is 4.74 Å². The van der Waals surface area contributed by atoms with Crippen molar-refractivity contribution in [3.8, 4) is 11.5 Å². The Balaban J connectivity index is 1.64. The Morgan fingerprint density at radius 2 is 1.50 bits per heavy atom. The molecule has 0 aliphatic heterocycles. The van der Waals surface area contributed by atoms with Crippen molar-refractivity contribution in [2.45, 2.75) is 32.1 Å². The van der Waals surface area contributed by atoms with Crippen molar-refractivity contribution in [3.05, 3.63) is 99.3 Å². The molecule has 5 rings (SSSR count). The van der Waals surface area contributed by atoms with Crippen LogP contribution in [0.1, 0.15) is 35.1 Å². The van der Waals surface area contributed by atoms with Crippen LogP contribution >= 0.6 is 23.2 Å². The monoisotopic (exact) mass is 433 g/mol. The van der Waals surface area contributed by atoms with Gasteiger partial charge in [0.2, 0.25) is 0 Å². The second-order valence-electron chi connectivity index (χ2n) is 7.81. The highest BCUT2D eigenvalue weighted by Gasteiger charge is 2.15. The number of fused-ring (bicyclic) bond motifs is 2. The first-order chi connectivity index (χ1) is 14.7. The van der Waals surface area contributed by atoms with E-state index < -0.39 is 0 Å². The van der Waals surface area contributed by atoms with Crippen LogP contribution < -0.4 is 4.74 Å². The maximum atomic E-state index is 6.45. The van der Waals surface area contributed by atoms with Crippen LogP contribution in [0.3, 0.4) is 0 Å². The lowest BCUT2D eigenvalue weighted by atomic mass is 9.88. The third-order valence-corrected chi connectivity index (χ3v) is 6.43. The predicted octanol–water partition coefficient (Wildman–Crippen LogP) is 7.80. The molecule has 0 fully saturated rings. The fourth-order valence-corrected chi connectivity index (χ4v) is 4.57. The third-order valence-electron chi connectivity index (χ3n) is 5.77. The Bertz CT molecular complexity index is 1140. The summed E-state index contributed by atoms with van der Waals surface area (Å²) < 4.78 is 6.29. The minimum Gasteiger partial charge on any atom is -0.455 e. The van der Waals surface area contributed by atoms with E-state index in [1.165, 1.54) is 34.7 Å². The van der Waals surface area contributed by atoms with E-state index in [9.17, 15) is 0 Å². The minimum atomic E-state index is 0.492. The molecule has 150 valence electrons. The molecule has 2 nitrogen and oxygen atoms in total. The fraction of sp³-hybridized carbons (Fsp3) is 0.192. The molecule has 1 aromatic heterocycles. The SMILES string of the molecule is Clc1ccccc1Cc1cc2cc3c(cc2cc1Oc1ccncc1Cl)CCCC3. The van der Waals surface area contributed by atoms with Gasteiger partial charge in [0.05, 0.1) is 0 Å². The van der Waals surface area contributed by atoms with E-state index in [1.54, 1.807) is 18.5 Å². The quantitative estimate of drug-likeness (QED) is 0.327. The Kier molecular flexibility index (Phi) is 5.37. The topological polar surface area (TPSA) is 22.1 Å². The lowest BCUT2D eigenvalue weighted by Crippen LogP contribution is -2.03. The van der Waals surface area contributed by atoms with Gasteiger partial charge in [0.1, 0.15) is 16.5 Å². The molecule has 0 unspecified atom stereocenters. The lowest BCUT2D eigenvalue weighted by molar-refractivity contribution is 0.478. The normalized spacial score (nSPS) is 13.3. The summed E-state index contributed by atoms with van der Waals surface area (Å²) in [7, 11) is 0. The molecule has 0 saturated carbocycles. The number of pyridine rings is 1. The van der Waals surface area contributed by atoms with Gasteiger partial charge in [-0.1, -0.05) is 53.5 Å². The smallest absolute Gasteiger partial charge is 0.149 e. The number of hydrogen-bond acceptors (Lipinski definition) is 2. The zero-order chi connectivity index (χ0) is 20.5. The molecule has 0 N–H and O–H groups in total. The van der Waals surface area contributed by atoms with Crippen molar-refractivity contribution in [1.29, 1.82) is 0 Å². The van der Waals surface area contributed by atoms with Crippen LogP contribution in [0, 0.1) is 0 Å². The lowest BCUT2D eigenvalue weighted by Gasteiger charge is -2.19. The first-order valence-corrected chi connectivity index (χ1v) is 11.0. The molecule has 0 saturated heterocycles. The minimum absolute atomic E-state index is 0.492. The van der Waals surface area contributed by atoms with Gasteiger partial charge in [-0.3, -0.25) is 4.98 Å². The molecular formula is C26H21Cl2NO. The molecule has 0 radical (unpaired) electrons. The van der Waals surface area contributed by atoms with Gasteiger partial charge in [-0.15, -0.1) is 0 Å². The van der Waals surface area contributed by atoms with E-state index in [-0.39, 0.29) is 0 Å². The molecule has 0 atom stereocenters. The molecular weight excluding hydrogens is 413 g/mol. The molecule has 1 aliphatic rings. The highest BCUT2D eigenvalue weighted by Crippen LogP contribution is 2.37. The largest absolute Gasteiger partial charge is 0.455 e. The summed E-state index contributed by atoms with van der Waals surface area (Å²) in [6.07, 6.45) is 8.82. The van der Waals surface area contributed by atoms with E-state index in [2.05, 4.69) is 35.3 Å². The van der Waals surface area contributed by atoms with Crippen LogP contribution in [-0.2, 0) is 19.3 Å². The molecule has 30 heavy (non-hydrogen) atoms. The molecule has 4 heteroatoms. The second kappa shape index (κ2) is 8.29. The summed E-state index contributed by atoms with van der Waals surface area (Å²) in [6, 6.07) is 18.8. The Morgan fingerprint density at radius 1 is 0.767 bits per heavy atom. The summed E-state index contributed by atoms with van der Waals surface area (Å²) in [5.41, 5.74) is 5.09. The number of aromatic nitrogens is 1. The molecule has 0 spiro atoms. The number of aryl methyl sites for hydroxylation is 2. The van der Waals surface area contributed by atoms with Crippen LogP contribution in [-0.4, -0.2) is 4.98 Å². The van der Waals surface area contributed by atoms with Crippen LogP contribution in [0.15, 0.2) is 67.0 Å². The molecule has 3 aromatic carbocycles. The van der Waals surface area contributed by atoms with E-state index in [0.29, 0.717) is 17.2 Å². The summed E-state index contributed by atoms with van der Waals surface area (Å²) in [4.78, 5) is 4.06. The van der Waals surface area contributed by atoms with Crippen molar-refractivity contribution in [1.82, 2.24) is 4.98 Å². The Labute approximate surface area is 186 Å². The summed E-state index contributed by atoms with van der Waals surface area (Å²) in [6.45, 7) is 0. The first kappa shape index (κ1) is 19.4. The van der Waals surface area contributed by atoms with Gasteiger partial charge in [-0.25, -0.2) is 0 Å². The number of hydrogen-bond donors (Lipinski definition) is 0. The maximum Gasteiger partial charge on any atom is 0.149 e. The zero-order valence-corrected chi connectivity index (χ0v) is 18.0. The highest BCUT2D eigenvalue weighted by molar-refractivity contribution is 6.32. The second-order valence-corrected chi connectivity index (χ2v) is 8.63. The van der Waals surface area contributed by atoms with Crippen molar-refractivity contribution >= 4 is 34.0 Å². The van der Waals surface area contributed by atoms with Crippen LogP contribution in [0.25, 0.3) is 10.8 Å². The number of ether oxygens (including phenoxy) is 1. The van der Waals surface area contributed by atoms with Crippen molar-refractivity contribution in [2.24, 2.45) is 0 Å². The van der Waals surface area contributed by atoms with E-state index >= 15 is 0 Å². The fourth-order valence-electron chi connectivity index (χ4n) is 4.21. The molecule has 4 aromatic rings. The van der Waals surface area contributed by atoms with Crippen LogP contribution in [0.5, 0.6) is 11.5 Å². The van der Waals surface area contributed by atoms with Crippen LogP contribution in [0.2, 0.25) is 10.0 Å². The standard InChI is InChI=1S/C26H21Cl2NO/c27-23-8-4-3-7-19(23)13-22-14-20-11-17-5-1-2-6-18(17)12-21(20)15-26(22)30-25-9-10-29-16-24(25)28/h3-4,7-12,14-16H,1-2,5-6,13H2. The average molecular weight is 434 g/mol.